The Morgan fingerprint density at radius 2 is 1.55 bits per heavy atom. The number of phenolic OH excluding ortho intramolecular Hbond substituents is 2. The summed E-state index contributed by atoms with van der Waals surface area (Å²) in [6, 6.07) is 8.24. The number of benzene rings is 2. The van der Waals surface area contributed by atoms with E-state index >= 15 is 0 Å². The first-order valence-corrected chi connectivity index (χ1v) is 12.2. The second kappa shape index (κ2) is 7.05. The third kappa shape index (κ3) is 3.74. The number of nitrogens with zero attached hydrogens (tertiary/aromatic N) is 2. The number of nitro groups is 1. The fourth-order valence-electron chi connectivity index (χ4n) is 8.50. The average Bonchev–Trinajstić information content (AvgIpc) is 2.66. The summed E-state index contributed by atoms with van der Waals surface area (Å²) < 4.78 is 0.222. The van der Waals surface area contributed by atoms with Crippen LogP contribution in [0.1, 0.15) is 70.4 Å². The lowest BCUT2D eigenvalue weighted by molar-refractivity contribution is -0.385. The van der Waals surface area contributed by atoms with Gasteiger partial charge >= 0.3 is 0 Å². The monoisotopic (exact) mass is 512 g/mol. The van der Waals surface area contributed by atoms with Gasteiger partial charge in [0.05, 0.1) is 9.40 Å². The maximum Gasteiger partial charge on any atom is 0.271 e. The lowest BCUT2D eigenvalue weighted by Gasteiger charge is -2.69. The first kappa shape index (κ1) is 22.4. The minimum atomic E-state index is -0.519. The quantitative estimate of drug-likeness (QED) is 0.258. The van der Waals surface area contributed by atoms with Crippen LogP contribution in [0.5, 0.6) is 11.5 Å². The molecule has 33 heavy (non-hydrogen) atoms. The number of hydrogen-bond acceptors (Lipinski definition) is 5. The minimum absolute atomic E-state index is 0.0485. The Hall–Kier alpha value is -2.41. The lowest BCUT2D eigenvalue weighted by Crippen LogP contribution is -2.60. The molecule has 0 aliphatic heterocycles. The molecule has 0 aromatic heterocycles. The molecule has 4 aliphatic rings. The molecule has 4 aliphatic carbocycles. The van der Waals surface area contributed by atoms with Crippen molar-refractivity contribution in [2.75, 3.05) is 0 Å². The molecular formula is C26H29BrN2O4. The van der Waals surface area contributed by atoms with E-state index in [0.29, 0.717) is 21.9 Å². The van der Waals surface area contributed by atoms with Crippen molar-refractivity contribution >= 4 is 33.5 Å². The number of nitro benzene ring substituents is 1. The normalized spacial score (nSPS) is 34.8. The highest BCUT2D eigenvalue weighted by atomic mass is 79.9. The van der Waals surface area contributed by atoms with Crippen LogP contribution >= 0.6 is 15.9 Å². The van der Waals surface area contributed by atoms with Crippen molar-refractivity contribution in [3.63, 3.8) is 0 Å². The molecule has 2 N–H and O–H groups in total. The van der Waals surface area contributed by atoms with Gasteiger partial charge in [-0.25, -0.2) is 0 Å². The number of aromatic hydroxyl groups is 2. The van der Waals surface area contributed by atoms with Crippen LogP contribution < -0.4 is 0 Å². The van der Waals surface area contributed by atoms with E-state index in [1.165, 1.54) is 43.2 Å². The van der Waals surface area contributed by atoms with Gasteiger partial charge in [-0.3, -0.25) is 15.1 Å². The zero-order valence-corrected chi connectivity index (χ0v) is 20.8. The van der Waals surface area contributed by atoms with Crippen LogP contribution in [0.2, 0.25) is 0 Å². The number of non-ortho nitro benzene ring substituents is 1. The van der Waals surface area contributed by atoms with Crippen LogP contribution in [0.3, 0.4) is 0 Å². The van der Waals surface area contributed by atoms with E-state index < -0.39 is 4.92 Å². The first-order valence-electron chi connectivity index (χ1n) is 11.4. The Morgan fingerprint density at radius 1 is 0.970 bits per heavy atom. The Balaban J connectivity index is 1.54. The molecule has 6 rings (SSSR count). The summed E-state index contributed by atoms with van der Waals surface area (Å²) in [5.41, 5.74) is 2.75. The molecule has 4 saturated carbocycles. The molecule has 0 heterocycles. The van der Waals surface area contributed by atoms with Crippen molar-refractivity contribution < 1.29 is 15.1 Å². The summed E-state index contributed by atoms with van der Waals surface area (Å²) in [5.74, 6) is -0.0813. The molecule has 0 unspecified atom stereocenters. The van der Waals surface area contributed by atoms with E-state index in [9.17, 15) is 20.3 Å². The van der Waals surface area contributed by atoms with Gasteiger partial charge < -0.3 is 10.2 Å². The van der Waals surface area contributed by atoms with Gasteiger partial charge in [0.2, 0.25) is 0 Å². The molecule has 0 radical (unpaired) electrons. The maximum atomic E-state index is 11.2. The highest BCUT2D eigenvalue weighted by Gasteiger charge is 2.64. The average molecular weight is 513 g/mol. The first-order chi connectivity index (χ1) is 15.3. The van der Waals surface area contributed by atoms with E-state index in [0.717, 1.165) is 19.3 Å². The molecule has 0 spiro atoms. The summed E-state index contributed by atoms with van der Waals surface area (Å²) in [7, 11) is 0. The van der Waals surface area contributed by atoms with Crippen LogP contribution in [-0.4, -0.2) is 21.4 Å². The number of aliphatic imine (C=N–C) groups is 1. The Kier molecular flexibility index (Phi) is 4.78. The number of hydrogen-bond donors (Lipinski definition) is 2. The van der Waals surface area contributed by atoms with E-state index in [-0.39, 0.29) is 32.6 Å². The zero-order chi connectivity index (χ0) is 23.8. The third-order valence-corrected chi connectivity index (χ3v) is 8.68. The van der Waals surface area contributed by atoms with E-state index in [4.69, 9.17) is 0 Å². The maximum absolute atomic E-state index is 11.2. The van der Waals surface area contributed by atoms with Crippen molar-refractivity contribution in [1.82, 2.24) is 0 Å². The van der Waals surface area contributed by atoms with Crippen LogP contribution in [0.25, 0.3) is 0 Å². The van der Waals surface area contributed by atoms with Gasteiger partial charge in [-0.2, -0.15) is 0 Å². The summed E-state index contributed by atoms with van der Waals surface area (Å²) in [6.07, 6.45) is 8.66. The topological polar surface area (TPSA) is 96.0 Å². The molecule has 0 saturated heterocycles. The van der Waals surface area contributed by atoms with E-state index in [1.807, 2.05) is 12.1 Å². The van der Waals surface area contributed by atoms with Gasteiger partial charge in [-0.15, -0.1) is 0 Å². The van der Waals surface area contributed by atoms with Crippen molar-refractivity contribution in [1.29, 1.82) is 0 Å². The highest BCUT2D eigenvalue weighted by Crippen LogP contribution is 2.73. The minimum Gasteiger partial charge on any atom is -0.506 e. The number of rotatable bonds is 4. The van der Waals surface area contributed by atoms with E-state index in [1.54, 1.807) is 6.07 Å². The second-order valence-electron chi connectivity index (χ2n) is 11.9. The molecule has 174 valence electrons. The molecule has 4 bridgehead atoms. The predicted molar refractivity (Wildman–Crippen MR) is 132 cm³/mol. The van der Waals surface area contributed by atoms with Gasteiger partial charge in [0.1, 0.15) is 17.2 Å². The fourth-order valence-corrected chi connectivity index (χ4v) is 8.97. The summed E-state index contributed by atoms with van der Waals surface area (Å²) >= 11 is 3.16. The predicted octanol–water partition coefficient (Wildman–Crippen LogP) is 7.16. The molecule has 6 nitrogen and oxygen atoms in total. The molecular weight excluding hydrogens is 484 g/mol. The van der Waals surface area contributed by atoms with Crippen LogP contribution in [0.15, 0.2) is 39.8 Å². The molecule has 0 amide bonds. The SMILES string of the molecule is CC12CC3(C)CC(C)(C1)CC(c1ccc(O)c(N=Cc4cc([N+](=O)[O-])cc(Br)c4O)c1)(C2)C3. The van der Waals surface area contributed by atoms with Gasteiger partial charge in [-0.1, -0.05) is 26.8 Å². The molecule has 2 aromatic rings. The lowest BCUT2D eigenvalue weighted by atomic mass is 9.35. The standard InChI is InChI=1S/C26H29BrN2O4/c1-23-10-24(2)12-25(3,11-23)15-26(13-23,14-24)17-4-5-21(30)20(7-17)28-9-16-6-18(29(32)33)8-19(27)22(16)31/h4-9,30-31H,10-15H2,1-3H3. The summed E-state index contributed by atoms with van der Waals surface area (Å²) in [6.45, 7) is 7.33. The van der Waals surface area contributed by atoms with Crippen LogP contribution in [0, 0.1) is 26.4 Å². The molecule has 2 aromatic carbocycles. The second-order valence-corrected chi connectivity index (χ2v) is 12.7. The Bertz CT molecular complexity index is 1150. The van der Waals surface area contributed by atoms with Crippen molar-refractivity contribution in [2.45, 2.75) is 64.7 Å². The van der Waals surface area contributed by atoms with Gasteiger partial charge in [0, 0.05) is 23.9 Å². The molecule has 0 atom stereocenters. The Labute approximate surface area is 202 Å². The summed E-state index contributed by atoms with van der Waals surface area (Å²) in [4.78, 5) is 15.1. The number of halogens is 1. The third-order valence-electron chi connectivity index (χ3n) is 8.08. The van der Waals surface area contributed by atoms with Crippen molar-refractivity contribution in [2.24, 2.45) is 21.2 Å². The van der Waals surface area contributed by atoms with E-state index in [2.05, 4.69) is 41.7 Å². The smallest absolute Gasteiger partial charge is 0.271 e. The van der Waals surface area contributed by atoms with Crippen LogP contribution in [0.4, 0.5) is 11.4 Å². The highest BCUT2D eigenvalue weighted by molar-refractivity contribution is 9.10. The number of phenols is 2. The van der Waals surface area contributed by atoms with Crippen molar-refractivity contribution in [3.05, 3.63) is 56.0 Å². The van der Waals surface area contributed by atoms with Crippen LogP contribution in [-0.2, 0) is 5.41 Å². The van der Waals surface area contributed by atoms with Crippen molar-refractivity contribution in [3.8, 4) is 11.5 Å². The van der Waals surface area contributed by atoms with Gasteiger partial charge in [0.15, 0.2) is 0 Å². The molecule has 7 heteroatoms. The fraction of sp³-hybridized carbons (Fsp3) is 0.500. The largest absolute Gasteiger partial charge is 0.506 e. The zero-order valence-electron chi connectivity index (χ0n) is 19.2. The van der Waals surface area contributed by atoms with Gasteiger partial charge in [0.25, 0.3) is 5.69 Å². The Morgan fingerprint density at radius 3 is 2.09 bits per heavy atom. The molecule has 4 fully saturated rings. The van der Waals surface area contributed by atoms with Gasteiger partial charge in [-0.05, 0) is 93.8 Å². The summed E-state index contributed by atoms with van der Waals surface area (Å²) in [5, 5.41) is 32.0.